The van der Waals surface area contributed by atoms with Crippen molar-refractivity contribution in [2.24, 2.45) is 0 Å². The summed E-state index contributed by atoms with van der Waals surface area (Å²) < 4.78 is 1.63. The third-order valence-corrected chi connectivity index (χ3v) is 4.86. The summed E-state index contributed by atoms with van der Waals surface area (Å²) in [6.45, 7) is 5.51. The minimum atomic E-state index is -2.03. The molecule has 0 bridgehead atoms. The zero-order valence-electron chi connectivity index (χ0n) is 16.0. The van der Waals surface area contributed by atoms with Crippen LogP contribution in [0.5, 0.6) is 0 Å². The Balaban J connectivity index is 1.85. The average Bonchev–Trinajstić information content (AvgIpc) is 3.26. The van der Waals surface area contributed by atoms with Gasteiger partial charge in [0, 0.05) is 24.9 Å². The van der Waals surface area contributed by atoms with E-state index in [1.54, 1.807) is 29.2 Å². The van der Waals surface area contributed by atoms with Crippen molar-refractivity contribution in [1.82, 2.24) is 19.7 Å². The second kappa shape index (κ2) is 7.18. The molecule has 3 rings (SSSR count). The number of nitrogens with one attached hydrogen (secondary N) is 1. The van der Waals surface area contributed by atoms with Gasteiger partial charge in [0.15, 0.2) is 0 Å². The zero-order valence-corrected chi connectivity index (χ0v) is 16.0. The van der Waals surface area contributed by atoms with Gasteiger partial charge < -0.3 is 15.5 Å². The van der Waals surface area contributed by atoms with E-state index in [2.05, 4.69) is 20.4 Å². The van der Waals surface area contributed by atoms with Gasteiger partial charge in [-0.25, -0.2) is 4.98 Å². The molecule has 0 saturated carbocycles. The van der Waals surface area contributed by atoms with Crippen molar-refractivity contribution in [2.75, 3.05) is 16.8 Å². The van der Waals surface area contributed by atoms with E-state index in [4.69, 9.17) is 0 Å². The monoisotopic (exact) mass is 385 g/mol. The fourth-order valence-corrected chi connectivity index (χ4v) is 3.06. The van der Waals surface area contributed by atoms with Crippen LogP contribution in [0.15, 0.2) is 24.7 Å². The van der Waals surface area contributed by atoms with Gasteiger partial charge in [-0.3, -0.25) is 14.4 Å². The molecule has 3 N–H and O–H groups in total. The lowest BCUT2D eigenvalue weighted by Gasteiger charge is -2.22. The van der Waals surface area contributed by atoms with Gasteiger partial charge in [0.1, 0.15) is 11.9 Å². The predicted molar refractivity (Wildman–Crippen MR) is 101 cm³/mol. The average molecular weight is 385 g/mol. The summed E-state index contributed by atoms with van der Waals surface area (Å²) in [6.07, 6.45) is 5.41. The van der Waals surface area contributed by atoms with Crippen LogP contribution in [0.4, 0.5) is 17.5 Å². The lowest BCUT2D eigenvalue weighted by atomic mass is 10.0. The molecule has 148 valence electrons. The van der Waals surface area contributed by atoms with Crippen LogP contribution in [0.25, 0.3) is 0 Å². The van der Waals surface area contributed by atoms with E-state index >= 15 is 0 Å². The number of aliphatic hydroxyl groups is 2. The number of rotatable bonds is 6. The van der Waals surface area contributed by atoms with Crippen LogP contribution >= 0.6 is 0 Å². The molecule has 0 radical (unpaired) electrons. The van der Waals surface area contributed by atoms with E-state index in [0.717, 1.165) is 0 Å². The largest absolute Gasteiger partial charge is 0.394 e. The lowest BCUT2D eigenvalue weighted by Crippen LogP contribution is -2.40. The molecule has 2 atom stereocenters. The molecule has 0 spiro atoms. The number of anilines is 3. The lowest BCUT2D eigenvalue weighted by molar-refractivity contribution is -0.128. The summed E-state index contributed by atoms with van der Waals surface area (Å²) in [5.41, 5.74) is -1.97. The van der Waals surface area contributed by atoms with E-state index in [1.807, 2.05) is 20.8 Å². The van der Waals surface area contributed by atoms with Gasteiger partial charge in [-0.2, -0.15) is 15.3 Å². The van der Waals surface area contributed by atoms with Crippen molar-refractivity contribution in [3.63, 3.8) is 0 Å². The first-order valence-electron chi connectivity index (χ1n) is 8.97. The van der Waals surface area contributed by atoms with Crippen LogP contribution in [0.3, 0.4) is 0 Å². The zero-order chi connectivity index (χ0) is 20.5. The number of carbonyl (C=O) groups is 1. The molecule has 28 heavy (non-hydrogen) atoms. The number of hydrogen-bond donors (Lipinski definition) is 3. The molecule has 3 heterocycles. The van der Waals surface area contributed by atoms with E-state index in [-0.39, 0.29) is 25.0 Å². The number of amides is 1. The smallest absolute Gasteiger partial charge is 0.275 e. The second-order valence-electron chi connectivity index (χ2n) is 7.42. The third-order valence-electron chi connectivity index (χ3n) is 4.86. The summed E-state index contributed by atoms with van der Waals surface area (Å²) in [5, 5.41) is 36.2. The highest BCUT2D eigenvalue weighted by Gasteiger charge is 2.51. The number of hydrogen-bond acceptors (Lipinski definition) is 8. The van der Waals surface area contributed by atoms with Crippen LogP contribution in [-0.2, 0) is 10.3 Å². The molecule has 1 saturated heterocycles. The fraction of sp³-hybridized carbons (Fsp3) is 0.500. The van der Waals surface area contributed by atoms with E-state index < -0.39 is 17.0 Å². The van der Waals surface area contributed by atoms with Gasteiger partial charge >= 0.3 is 0 Å². The summed E-state index contributed by atoms with van der Waals surface area (Å²) in [7, 11) is 0. The van der Waals surface area contributed by atoms with Gasteiger partial charge in [-0.15, -0.1) is 0 Å². The van der Waals surface area contributed by atoms with Crippen LogP contribution in [0.2, 0.25) is 0 Å². The Morgan fingerprint density at radius 2 is 2.25 bits per heavy atom. The van der Waals surface area contributed by atoms with Crippen molar-refractivity contribution < 1.29 is 15.0 Å². The Bertz CT molecular complexity index is 920. The first-order valence-corrected chi connectivity index (χ1v) is 8.97. The highest BCUT2D eigenvalue weighted by Crippen LogP contribution is 2.33. The minimum Gasteiger partial charge on any atom is -0.394 e. The van der Waals surface area contributed by atoms with Gasteiger partial charge in [-0.1, -0.05) is 6.92 Å². The summed E-state index contributed by atoms with van der Waals surface area (Å²) in [5.74, 6) is -0.124. The van der Waals surface area contributed by atoms with Gasteiger partial charge in [0.05, 0.1) is 24.0 Å². The Hall–Kier alpha value is -3.03. The SMILES string of the molecule is CC[C@@H]1C[C@](O)(C#N)C(=O)N1c1ccnc(Nc2cnn(C(C)(C)CO)c2)n1. The summed E-state index contributed by atoms with van der Waals surface area (Å²) in [4.78, 5) is 22.5. The Morgan fingerprint density at radius 1 is 1.50 bits per heavy atom. The van der Waals surface area contributed by atoms with E-state index in [9.17, 15) is 20.3 Å². The van der Waals surface area contributed by atoms with Crippen molar-refractivity contribution >= 4 is 23.4 Å². The summed E-state index contributed by atoms with van der Waals surface area (Å²) >= 11 is 0. The van der Waals surface area contributed by atoms with Crippen molar-refractivity contribution in [3.8, 4) is 6.07 Å². The highest BCUT2D eigenvalue weighted by molar-refractivity contribution is 6.03. The number of aliphatic hydroxyl groups excluding tert-OH is 1. The third kappa shape index (κ3) is 3.42. The van der Waals surface area contributed by atoms with Crippen molar-refractivity contribution in [2.45, 2.75) is 50.8 Å². The highest BCUT2D eigenvalue weighted by atomic mass is 16.3. The topological polar surface area (TPSA) is 140 Å². The molecule has 0 aromatic carbocycles. The van der Waals surface area contributed by atoms with Gasteiger partial charge in [0.25, 0.3) is 5.91 Å². The fourth-order valence-electron chi connectivity index (χ4n) is 3.06. The molecule has 1 fully saturated rings. The molecular formula is C18H23N7O3. The molecule has 1 amide bonds. The van der Waals surface area contributed by atoms with E-state index in [1.165, 1.54) is 11.1 Å². The molecule has 10 nitrogen and oxygen atoms in total. The predicted octanol–water partition coefficient (Wildman–Crippen LogP) is 0.914. The normalized spacial score (nSPS) is 22.4. The minimum absolute atomic E-state index is 0.0363. The molecule has 10 heteroatoms. The number of aromatic nitrogens is 4. The maximum atomic E-state index is 12.6. The number of carbonyl (C=O) groups excluding carboxylic acids is 1. The molecule has 0 aliphatic carbocycles. The van der Waals surface area contributed by atoms with Crippen molar-refractivity contribution in [1.29, 1.82) is 5.26 Å². The Labute approximate surface area is 162 Å². The van der Waals surface area contributed by atoms with Gasteiger partial charge in [-0.05, 0) is 26.3 Å². The van der Waals surface area contributed by atoms with Crippen LogP contribution in [0, 0.1) is 11.3 Å². The quantitative estimate of drug-likeness (QED) is 0.623. The first kappa shape index (κ1) is 19.7. The molecule has 2 aromatic heterocycles. The number of nitriles is 1. The van der Waals surface area contributed by atoms with Crippen molar-refractivity contribution in [3.05, 3.63) is 24.7 Å². The maximum Gasteiger partial charge on any atom is 0.275 e. The number of nitrogens with zero attached hydrogens (tertiary/aromatic N) is 6. The standard InChI is InChI=1S/C18H23N7O3/c1-4-13-7-18(28,10-19)15(27)25(13)14-5-6-20-16(23-14)22-12-8-21-24(9-12)17(2,3)11-26/h5-6,8-9,13,26,28H,4,7,11H2,1-3H3,(H,20,22,23)/t13-,18+/m1/s1. The second-order valence-corrected chi connectivity index (χ2v) is 7.42. The molecule has 1 aliphatic rings. The Kier molecular flexibility index (Phi) is 5.06. The first-order chi connectivity index (χ1) is 13.2. The molecule has 2 aromatic rings. The van der Waals surface area contributed by atoms with Gasteiger partial charge in [0.2, 0.25) is 11.5 Å². The molecule has 0 unspecified atom stereocenters. The van der Waals surface area contributed by atoms with E-state index in [0.29, 0.717) is 17.9 Å². The van der Waals surface area contributed by atoms with Crippen LogP contribution < -0.4 is 10.2 Å². The van der Waals surface area contributed by atoms with Crippen LogP contribution in [0.1, 0.15) is 33.6 Å². The molecule has 1 aliphatic heterocycles. The van der Waals surface area contributed by atoms with Crippen LogP contribution in [-0.4, -0.2) is 54.1 Å². The molecular weight excluding hydrogens is 362 g/mol. The maximum absolute atomic E-state index is 12.6. The Morgan fingerprint density at radius 3 is 2.89 bits per heavy atom. The summed E-state index contributed by atoms with van der Waals surface area (Å²) in [6, 6.07) is 2.94.